The van der Waals surface area contributed by atoms with Crippen LogP contribution in [0.3, 0.4) is 0 Å². The second-order valence-electron chi connectivity index (χ2n) is 9.68. The molecule has 2 aliphatic carbocycles. The number of amides is 1. The van der Waals surface area contributed by atoms with Gasteiger partial charge in [-0.05, 0) is 49.7 Å². The average molecular weight is 467 g/mol. The minimum atomic E-state index is -0.630. The first-order valence-electron chi connectivity index (χ1n) is 11.8. The Labute approximate surface area is 197 Å². The SMILES string of the molecule is CC1CCC(Cn2c(C3CC3)nc3nc(C4NOC(=O)N4)nc(-c4cccc(Cl)c4)c32)CC1. The molecule has 1 aliphatic heterocycles. The fraction of sp³-hybridized carbons (Fsp3) is 0.500. The zero-order valence-corrected chi connectivity index (χ0v) is 19.3. The van der Waals surface area contributed by atoms with Crippen LogP contribution >= 0.6 is 11.6 Å². The van der Waals surface area contributed by atoms with Crippen LogP contribution in [0.4, 0.5) is 4.79 Å². The summed E-state index contributed by atoms with van der Waals surface area (Å²) in [6.45, 7) is 3.29. The number of carbonyl (C=O) groups excluding carboxylic acids is 1. The molecule has 3 fully saturated rings. The van der Waals surface area contributed by atoms with Gasteiger partial charge in [-0.25, -0.2) is 19.7 Å². The van der Waals surface area contributed by atoms with Crippen molar-refractivity contribution in [2.45, 2.75) is 64.1 Å². The van der Waals surface area contributed by atoms with Gasteiger partial charge in [-0.1, -0.05) is 43.5 Å². The molecule has 2 saturated carbocycles. The van der Waals surface area contributed by atoms with Gasteiger partial charge in [0.1, 0.15) is 17.0 Å². The zero-order chi connectivity index (χ0) is 22.5. The average Bonchev–Trinajstić information content (AvgIpc) is 3.46. The lowest BCUT2D eigenvalue weighted by Gasteiger charge is -2.27. The minimum Gasteiger partial charge on any atom is -0.351 e. The number of hydrogen-bond acceptors (Lipinski definition) is 6. The normalized spacial score (nSPS) is 25.3. The molecule has 3 heterocycles. The first-order valence-corrected chi connectivity index (χ1v) is 12.2. The van der Waals surface area contributed by atoms with Crippen LogP contribution in [0, 0.1) is 11.8 Å². The van der Waals surface area contributed by atoms with Crippen LogP contribution < -0.4 is 10.8 Å². The van der Waals surface area contributed by atoms with Gasteiger partial charge in [-0.2, -0.15) is 0 Å². The van der Waals surface area contributed by atoms with Crippen molar-refractivity contribution < 1.29 is 9.63 Å². The van der Waals surface area contributed by atoms with E-state index in [9.17, 15) is 4.79 Å². The maximum atomic E-state index is 11.6. The Bertz CT molecular complexity index is 1220. The standard InChI is InChI=1S/C24H27ClN6O2/c1-13-5-7-14(8-6-13)12-31-19-18(16-3-2-4-17(25)11-16)26-21(22-29-24(32)33-30-22)27-20(19)28-23(31)15-9-10-15/h2-4,11,13-15,22,30H,5-10,12H2,1H3,(H,29,32). The highest BCUT2D eigenvalue weighted by Gasteiger charge is 2.34. The number of nitrogens with one attached hydrogen (secondary N) is 2. The topological polar surface area (TPSA) is 94.0 Å². The number of imidazole rings is 1. The van der Waals surface area contributed by atoms with Gasteiger partial charge in [0.15, 0.2) is 17.6 Å². The fourth-order valence-electron chi connectivity index (χ4n) is 5.05. The summed E-state index contributed by atoms with van der Waals surface area (Å²) >= 11 is 6.35. The van der Waals surface area contributed by atoms with Crippen molar-refractivity contribution in [3.8, 4) is 11.3 Å². The van der Waals surface area contributed by atoms with E-state index in [1.807, 2.05) is 24.3 Å². The van der Waals surface area contributed by atoms with Gasteiger partial charge in [-0.3, -0.25) is 5.32 Å². The van der Waals surface area contributed by atoms with Gasteiger partial charge in [0.2, 0.25) is 0 Å². The van der Waals surface area contributed by atoms with E-state index in [2.05, 4.69) is 22.3 Å². The lowest BCUT2D eigenvalue weighted by molar-refractivity contribution is 0.120. The highest BCUT2D eigenvalue weighted by atomic mass is 35.5. The van der Waals surface area contributed by atoms with Crippen LogP contribution in [0.5, 0.6) is 0 Å². The third-order valence-electron chi connectivity index (χ3n) is 7.06. The Hall–Kier alpha value is -2.71. The largest absolute Gasteiger partial charge is 0.427 e. The summed E-state index contributed by atoms with van der Waals surface area (Å²) in [6, 6.07) is 7.70. The number of nitrogens with zero attached hydrogens (tertiary/aromatic N) is 4. The van der Waals surface area contributed by atoms with E-state index in [0.717, 1.165) is 47.9 Å². The Morgan fingerprint density at radius 1 is 1.12 bits per heavy atom. The molecule has 2 aromatic heterocycles. The molecule has 1 unspecified atom stereocenters. The van der Waals surface area contributed by atoms with E-state index in [0.29, 0.717) is 28.3 Å². The van der Waals surface area contributed by atoms with Gasteiger partial charge in [0.25, 0.3) is 0 Å². The maximum absolute atomic E-state index is 11.6. The number of hydroxylamine groups is 1. The number of halogens is 1. The van der Waals surface area contributed by atoms with Crippen molar-refractivity contribution in [2.24, 2.45) is 11.8 Å². The lowest BCUT2D eigenvalue weighted by atomic mass is 9.83. The molecule has 1 saturated heterocycles. The summed E-state index contributed by atoms with van der Waals surface area (Å²) in [6.07, 6.45) is 6.18. The lowest BCUT2D eigenvalue weighted by Crippen LogP contribution is -2.25. The van der Waals surface area contributed by atoms with Gasteiger partial charge < -0.3 is 9.40 Å². The van der Waals surface area contributed by atoms with Gasteiger partial charge in [0, 0.05) is 23.0 Å². The second-order valence-corrected chi connectivity index (χ2v) is 10.1. The summed E-state index contributed by atoms with van der Waals surface area (Å²) < 4.78 is 2.38. The fourth-order valence-corrected chi connectivity index (χ4v) is 5.24. The number of rotatable bonds is 5. The van der Waals surface area contributed by atoms with Crippen LogP contribution in [0.1, 0.15) is 69.2 Å². The Morgan fingerprint density at radius 3 is 2.64 bits per heavy atom. The monoisotopic (exact) mass is 466 g/mol. The quantitative estimate of drug-likeness (QED) is 0.543. The summed E-state index contributed by atoms with van der Waals surface area (Å²) in [7, 11) is 0. The predicted molar refractivity (Wildman–Crippen MR) is 124 cm³/mol. The molecule has 172 valence electrons. The van der Waals surface area contributed by atoms with Crippen molar-refractivity contribution in [1.29, 1.82) is 0 Å². The van der Waals surface area contributed by atoms with E-state index in [1.54, 1.807) is 0 Å². The molecular formula is C24H27ClN6O2. The van der Waals surface area contributed by atoms with E-state index in [-0.39, 0.29) is 0 Å². The van der Waals surface area contributed by atoms with Crippen LogP contribution in [0.2, 0.25) is 5.02 Å². The predicted octanol–water partition coefficient (Wildman–Crippen LogP) is 5.09. The summed E-state index contributed by atoms with van der Waals surface area (Å²) in [5, 5.41) is 3.34. The van der Waals surface area contributed by atoms with E-state index >= 15 is 0 Å². The van der Waals surface area contributed by atoms with Crippen LogP contribution in [0.15, 0.2) is 24.3 Å². The highest BCUT2D eigenvalue weighted by molar-refractivity contribution is 6.30. The van der Waals surface area contributed by atoms with E-state index < -0.39 is 12.3 Å². The molecule has 0 spiro atoms. The molecule has 0 bridgehead atoms. The van der Waals surface area contributed by atoms with Crippen LogP contribution in [-0.2, 0) is 11.4 Å². The molecule has 6 rings (SSSR count). The van der Waals surface area contributed by atoms with Crippen molar-refractivity contribution >= 4 is 28.9 Å². The Morgan fingerprint density at radius 2 is 1.94 bits per heavy atom. The highest BCUT2D eigenvalue weighted by Crippen LogP contribution is 2.43. The number of fused-ring (bicyclic) bond motifs is 1. The first-order chi connectivity index (χ1) is 16.0. The molecule has 2 N–H and O–H groups in total. The third-order valence-corrected chi connectivity index (χ3v) is 7.29. The Kier molecular flexibility index (Phi) is 5.22. The van der Waals surface area contributed by atoms with Gasteiger partial charge >= 0.3 is 6.09 Å². The molecule has 1 amide bonds. The molecule has 9 heteroatoms. The molecule has 33 heavy (non-hydrogen) atoms. The molecule has 1 aromatic carbocycles. The third kappa shape index (κ3) is 4.06. The van der Waals surface area contributed by atoms with Gasteiger partial charge in [0.05, 0.1) is 0 Å². The van der Waals surface area contributed by atoms with E-state index in [1.165, 1.54) is 25.7 Å². The van der Waals surface area contributed by atoms with Crippen LogP contribution in [-0.4, -0.2) is 25.6 Å². The molecule has 3 aromatic rings. The van der Waals surface area contributed by atoms with Crippen molar-refractivity contribution in [2.75, 3.05) is 0 Å². The molecule has 8 nitrogen and oxygen atoms in total. The van der Waals surface area contributed by atoms with E-state index in [4.69, 9.17) is 31.4 Å². The minimum absolute atomic E-state index is 0.418. The molecule has 3 aliphatic rings. The summed E-state index contributed by atoms with van der Waals surface area (Å²) in [4.78, 5) is 31.1. The summed E-state index contributed by atoms with van der Waals surface area (Å²) in [5.74, 6) is 3.45. The maximum Gasteiger partial charge on any atom is 0.427 e. The molecule has 0 radical (unpaired) electrons. The first kappa shape index (κ1) is 20.9. The van der Waals surface area contributed by atoms with Crippen molar-refractivity contribution in [3.05, 3.63) is 40.9 Å². The van der Waals surface area contributed by atoms with Gasteiger partial charge in [-0.15, -0.1) is 5.48 Å². The number of carbonyl (C=O) groups is 1. The van der Waals surface area contributed by atoms with Crippen molar-refractivity contribution in [1.82, 2.24) is 30.3 Å². The molecule has 1 atom stereocenters. The van der Waals surface area contributed by atoms with Crippen LogP contribution in [0.25, 0.3) is 22.4 Å². The second kappa shape index (κ2) is 8.25. The zero-order valence-electron chi connectivity index (χ0n) is 18.6. The number of benzene rings is 1. The Balaban J connectivity index is 1.51. The summed E-state index contributed by atoms with van der Waals surface area (Å²) in [5.41, 5.74) is 5.95. The van der Waals surface area contributed by atoms with Crippen molar-refractivity contribution in [3.63, 3.8) is 0 Å². The number of aromatic nitrogens is 4. The smallest absolute Gasteiger partial charge is 0.351 e. The molecular weight excluding hydrogens is 440 g/mol. The number of hydrogen-bond donors (Lipinski definition) is 2.